The number of fused-ring (bicyclic) bond motifs is 1. The van der Waals surface area contributed by atoms with Gasteiger partial charge in [-0.15, -0.1) is 0 Å². The lowest BCUT2D eigenvalue weighted by atomic mass is 10.1. The first-order chi connectivity index (χ1) is 16.6. The Labute approximate surface area is 201 Å². The molecule has 1 aliphatic heterocycles. The number of aromatic nitrogens is 1. The molecule has 0 unspecified atom stereocenters. The monoisotopic (exact) mass is 452 g/mol. The Bertz CT molecular complexity index is 1270. The van der Waals surface area contributed by atoms with Crippen LogP contribution in [0.1, 0.15) is 32.7 Å². The average Bonchev–Trinajstić information content (AvgIpc) is 3.11. The Morgan fingerprint density at radius 2 is 1.41 bits per heavy atom. The number of aryl methyl sites for hydroxylation is 1. The summed E-state index contributed by atoms with van der Waals surface area (Å²) in [5, 5.41) is 3.20. The Balaban J connectivity index is 1.25. The highest BCUT2D eigenvalue weighted by Gasteiger charge is 2.20. The van der Waals surface area contributed by atoms with Crippen LogP contribution in [0.25, 0.3) is 10.9 Å². The summed E-state index contributed by atoms with van der Waals surface area (Å²) in [6, 6.07) is 27.1. The standard InChI is InChI=1S/C29H32N4O/c1-22-23(2)33(21-25-11-7-4-8-12-25)28-14-13-26(19-27(22)28)29(34)30-32-17-15-31(16-18-32)20-24-9-5-3-6-10-24/h3-14,19H,15-18,20-21H2,1-2H3,(H,30,34). The second kappa shape index (κ2) is 9.84. The van der Waals surface area contributed by atoms with Crippen LogP contribution in [0.5, 0.6) is 0 Å². The van der Waals surface area contributed by atoms with Crippen LogP contribution in [0.3, 0.4) is 0 Å². The van der Waals surface area contributed by atoms with E-state index in [2.05, 4.69) is 89.4 Å². The number of piperazine rings is 1. The molecule has 0 aliphatic carbocycles. The topological polar surface area (TPSA) is 40.5 Å². The van der Waals surface area contributed by atoms with E-state index in [-0.39, 0.29) is 5.91 Å². The quantitative estimate of drug-likeness (QED) is 0.458. The van der Waals surface area contributed by atoms with Crippen molar-refractivity contribution < 1.29 is 4.79 Å². The van der Waals surface area contributed by atoms with Crippen molar-refractivity contribution in [2.24, 2.45) is 0 Å². The van der Waals surface area contributed by atoms with Crippen LogP contribution >= 0.6 is 0 Å². The maximum Gasteiger partial charge on any atom is 0.265 e. The summed E-state index contributed by atoms with van der Waals surface area (Å²) in [7, 11) is 0. The fourth-order valence-corrected chi connectivity index (χ4v) is 4.83. The van der Waals surface area contributed by atoms with Crippen LogP contribution in [-0.4, -0.2) is 46.6 Å². The number of nitrogens with one attached hydrogen (secondary N) is 1. The van der Waals surface area contributed by atoms with Gasteiger partial charge in [-0.05, 0) is 48.7 Å². The number of carbonyl (C=O) groups is 1. The molecule has 0 radical (unpaired) electrons. The van der Waals surface area contributed by atoms with Gasteiger partial charge >= 0.3 is 0 Å². The van der Waals surface area contributed by atoms with Gasteiger partial charge in [-0.1, -0.05) is 60.7 Å². The van der Waals surface area contributed by atoms with Gasteiger partial charge in [-0.2, -0.15) is 0 Å². The molecule has 34 heavy (non-hydrogen) atoms. The minimum atomic E-state index is -0.0359. The normalized spacial score (nSPS) is 15.0. The minimum absolute atomic E-state index is 0.0359. The largest absolute Gasteiger partial charge is 0.340 e. The summed E-state index contributed by atoms with van der Waals surface area (Å²) in [6.07, 6.45) is 0. The molecule has 174 valence electrons. The molecule has 4 aromatic rings. The molecule has 5 heteroatoms. The molecule has 5 nitrogen and oxygen atoms in total. The summed E-state index contributed by atoms with van der Waals surface area (Å²) in [5.74, 6) is -0.0359. The third kappa shape index (κ3) is 4.76. The lowest BCUT2D eigenvalue weighted by molar-refractivity contribution is 0.0604. The lowest BCUT2D eigenvalue weighted by Gasteiger charge is -2.34. The van der Waals surface area contributed by atoms with Gasteiger partial charge in [0.25, 0.3) is 5.91 Å². The number of hydrazine groups is 1. The van der Waals surface area contributed by atoms with E-state index in [0.717, 1.165) is 44.7 Å². The van der Waals surface area contributed by atoms with E-state index in [0.29, 0.717) is 5.56 Å². The van der Waals surface area contributed by atoms with Gasteiger partial charge in [-0.25, -0.2) is 5.01 Å². The number of hydrogen-bond acceptors (Lipinski definition) is 3. The van der Waals surface area contributed by atoms with Crippen LogP contribution in [-0.2, 0) is 13.1 Å². The Morgan fingerprint density at radius 3 is 2.06 bits per heavy atom. The van der Waals surface area contributed by atoms with Crippen molar-refractivity contribution in [2.75, 3.05) is 26.2 Å². The van der Waals surface area contributed by atoms with E-state index in [4.69, 9.17) is 0 Å². The second-order valence-corrected chi connectivity index (χ2v) is 9.20. The molecule has 3 aromatic carbocycles. The van der Waals surface area contributed by atoms with Crippen molar-refractivity contribution in [3.8, 4) is 0 Å². The third-order valence-corrected chi connectivity index (χ3v) is 6.97. The van der Waals surface area contributed by atoms with E-state index < -0.39 is 0 Å². The maximum atomic E-state index is 13.0. The Hall–Kier alpha value is -3.41. The van der Waals surface area contributed by atoms with Gasteiger partial charge in [0, 0.05) is 61.4 Å². The van der Waals surface area contributed by atoms with Crippen LogP contribution in [0.15, 0.2) is 78.9 Å². The predicted octanol–water partition coefficient (Wildman–Crippen LogP) is 4.77. The number of hydrogen-bond donors (Lipinski definition) is 1. The van der Waals surface area contributed by atoms with Gasteiger partial charge in [0.2, 0.25) is 0 Å². The summed E-state index contributed by atoms with van der Waals surface area (Å²) >= 11 is 0. The molecule has 1 fully saturated rings. The zero-order valence-electron chi connectivity index (χ0n) is 20.0. The molecular weight excluding hydrogens is 420 g/mol. The highest BCUT2D eigenvalue weighted by molar-refractivity contribution is 5.99. The van der Waals surface area contributed by atoms with Gasteiger partial charge in [0.15, 0.2) is 0 Å². The first-order valence-electron chi connectivity index (χ1n) is 12.0. The van der Waals surface area contributed by atoms with Crippen LogP contribution in [0.4, 0.5) is 0 Å². The SMILES string of the molecule is Cc1c(C)n(Cc2ccccc2)c2ccc(C(=O)NN3CCN(Cc4ccccc4)CC3)cc12. The summed E-state index contributed by atoms with van der Waals surface area (Å²) in [4.78, 5) is 15.5. The molecular formula is C29H32N4O. The molecule has 1 aromatic heterocycles. The number of amides is 1. The minimum Gasteiger partial charge on any atom is -0.340 e. The van der Waals surface area contributed by atoms with Gasteiger partial charge in [0.1, 0.15) is 0 Å². The number of benzene rings is 3. The van der Waals surface area contributed by atoms with Crippen LogP contribution in [0, 0.1) is 13.8 Å². The molecule has 1 N–H and O–H groups in total. The number of rotatable bonds is 6. The maximum absolute atomic E-state index is 13.0. The molecule has 0 saturated carbocycles. The van der Waals surface area contributed by atoms with E-state index in [1.165, 1.54) is 27.9 Å². The zero-order valence-corrected chi connectivity index (χ0v) is 20.0. The second-order valence-electron chi connectivity index (χ2n) is 9.20. The average molecular weight is 453 g/mol. The highest BCUT2D eigenvalue weighted by atomic mass is 16.2. The van der Waals surface area contributed by atoms with E-state index in [1.807, 2.05) is 23.2 Å². The van der Waals surface area contributed by atoms with Crippen molar-refractivity contribution in [2.45, 2.75) is 26.9 Å². The predicted molar refractivity (Wildman–Crippen MR) is 138 cm³/mol. The highest BCUT2D eigenvalue weighted by Crippen LogP contribution is 2.27. The zero-order chi connectivity index (χ0) is 23.5. The van der Waals surface area contributed by atoms with E-state index in [1.54, 1.807) is 0 Å². The Kier molecular flexibility index (Phi) is 6.48. The van der Waals surface area contributed by atoms with Crippen molar-refractivity contribution in [1.82, 2.24) is 19.9 Å². The number of carbonyl (C=O) groups excluding carboxylic acids is 1. The molecule has 2 heterocycles. The van der Waals surface area contributed by atoms with E-state index >= 15 is 0 Å². The molecule has 5 rings (SSSR count). The summed E-state index contributed by atoms with van der Waals surface area (Å²) < 4.78 is 2.34. The fourth-order valence-electron chi connectivity index (χ4n) is 4.83. The summed E-state index contributed by atoms with van der Waals surface area (Å²) in [6.45, 7) is 9.62. The smallest absolute Gasteiger partial charge is 0.265 e. The van der Waals surface area contributed by atoms with Crippen molar-refractivity contribution in [3.05, 3.63) is 107 Å². The van der Waals surface area contributed by atoms with E-state index in [9.17, 15) is 4.79 Å². The third-order valence-electron chi connectivity index (χ3n) is 6.97. The number of nitrogens with zero attached hydrogens (tertiary/aromatic N) is 3. The molecule has 1 aliphatic rings. The molecule has 0 spiro atoms. The van der Waals surface area contributed by atoms with Crippen LogP contribution < -0.4 is 5.43 Å². The van der Waals surface area contributed by atoms with Crippen molar-refractivity contribution >= 4 is 16.8 Å². The molecule has 0 bridgehead atoms. The lowest BCUT2D eigenvalue weighted by Crippen LogP contribution is -2.53. The Morgan fingerprint density at radius 1 is 0.794 bits per heavy atom. The molecule has 1 saturated heterocycles. The van der Waals surface area contributed by atoms with Gasteiger partial charge in [0.05, 0.1) is 0 Å². The molecule has 1 amide bonds. The van der Waals surface area contributed by atoms with Crippen molar-refractivity contribution in [1.29, 1.82) is 0 Å². The van der Waals surface area contributed by atoms with Gasteiger partial charge in [-0.3, -0.25) is 15.1 Å². The first kappa shape index (κ1) is 22.4. The van der Waals surface area contributed by atoms with Gasteiger partial charge < -0.3 is 4.57 Å². The summed E-state index contributed by atoms with van der Waals surface area (Å²) in [5.41, 5.74) is 10.1. The fraction of sp³-hybridized carbons (Fsp3) is 0.276. The van der Waals surface area contributed by atoms with Crippen LogP contribution in [0.2, 0.25) is 0 Å². The first-order valence-corrected chi connectivity index (χ1v) is 12.0. The molecule has 0 atom stereocenters. The van der Waals surface area contributed by atoms with Crippen molar-refractivity contribution in [3.63, 3.8) is 0 Å².